The van der Waals surface area contributed by atoms with E-state index in [-0.39, 0.29) is 10.8 Å². The summed E-state index contributed by atoms with van der Waals surface area (Å²) >= 11 is 0. The van der Waals surface area contributed by atoms with Gasteiger partial charge >= 0.3 is 0 Å². The molecule has 5 aliphatic carbocycles. The Balaban J connectivity index is 1.29. The summed E-state index contributed by atoms with van der Waals surface area (Å²) < 4.78 is 0. The van der Waals surface area contributed by atoms with Gasteiger partial charge in [0.1, 0.15) is 0 Å². The first-order chi connectivity index (χ1) is 31.9. The lowest BCUT2D eigenvalue weighted by atomic mass is 9.45. The largest absolute Gasteiger partial charge is 0.0872 e. The minimum Gasteiger partial charge on any atom is -0.0872 e. The minimum atomic E-state index is -0.104. The van der Waals surface area contributed by atoms with Gasteiger partial charge in [0.05, 0.1) is 0 Å². The first kappa shape index (κ1) is 22.5. The van der Waals surface area contributed by atoms with Gasteiger partial charge in [-0.3, -0.25) is 0 Å². The molecule has 0 bridgehead atoms. The Morgan fingerprint density at radius 2 is 0.234 bits per heavy atom. The van der Waals surface area contributed by atoms with Gasteiger partial charge in [-0.05, 0) is 326 Å². The fourth-order valence-electron chi connectivity index (χ4n) is 24.8. The summed E-state index contributed by atoms with van der Waals surface area (Å²) in [5, 5.41) is 91.5. The molecule has 0 saturated carbocycles. The molecule has 0 atom stereocenters. The molecule has 5 aliphatic rings. The summed E-state index contributed by atoms with van der Waals surface area (Å²) in [6.45, 7) is 0. The predicted octanol–water partition coefficient (Wildman–Crippen LogP) is 17.6. The smallest absolute Gasteiger partial charge is 0.0403 e. The first-order valence-corrected chi connectivity index (χ1v) is 24.4. The lowest BCUT2D eigenvalue weighted by Gasteiger charge is -2.55. The van der Waals surface area contributed by atoms with E-state index in [1.54, 1.807) is 291 Å². The third-order valence-electron chi connectivity index (χ3n) is 24.7. The maximum absolute atomic E-state index is 2.71. The van der Waals surface area contributed by atoms with Crippen LogP contribution in [-0.4, -0.2) is 0 Å². The molecule has 0 amide bonds. The number of benzene rings is 18. The maximum atomic E-state index is 2.71. The van der Waals surface area contributed by atoms with Crippen LogP contribution in [0.25, 0.3) is 291 Å². The van der Waals surface area contributed by atoms with Crippen LogP contribution in [0, 0.1) is 0 Å². The van der Waals surface area contributed by atoms with E-state index in [0.717, 1.165) is 12.8 Å². The number of hydrogen-bond acceptors (Lipinski definition) is 0. The molecule has 0 nitrogen and oxygen atoms in total. The Morgan fingerprint density at radius 1 is 0.141 bits per heavy atom. The van der Waals surface area contributed by atoms with Crippen LogP contribution in [0.3, 0.4) is 0 Å². The van der Waals surface area contributed by atoms with Gasteiger partial charge in [-0.25, -0.2) is 0 Å². The second-order valence-electron chi connectivity index (χ2n) is 24.4. The average molecular weight is 775 g/mol. The van der Waals surface area contributed by atoms with Crippen molar-refractivity contribution in [2.45, 2.75) is 23.7 Å². The molecule has 0 unspecified atom stereocenters. The van der Waals surface area contributed by atoms with E-state index in [1.165, 1.54) is 0 Å². The second kappa shape index (κ2) is 4.88. The molecule has 0 saturated heterocycles. The Kier molecular flexibility index (Phi) is 1.72. The van der Waals surface area contributed by atoms with E-state index >= 15 is 0 Å². The van der Waals surface area contributed by atoms with Crippen LogP contribution in [0.1, 0.15) is 35.1 Å². The first-order valence-electron chi connectivity index (χ1n) is 24.4. The van der Waals surface area contributed by atoms with Gasteiger partial charge in [0.15, 0.2) is 0 Å². The van der Waals surface area contributed by atoms with Crippen LogP contribution in [-0.2, 0) is 10.8 Å². The van der Waals surface area contributed by atoms with E-state index in [2.05, 4.69) is 12.2 Å². The molecule has 0 aliphatic heterocycles. The topological polar surface area (TPSA) is 0 Å². The standard InChI is InChI=1S/C64H6/c1-2-4-64-61-53-45-35-25-17-9-6-5-7-11-13(9)21-27-19(11)29-23-15(7)16-8(5)12-14-10(6)18(17)26-32-22(14)28-20(12)30-24(16)34-33(23)43-37(29)47-41(27)49(39(45)31(21)25)57(61)55(47)59-51(43)52-44(34)38(30)48-42(28)50-40(32)46(36(26)35)54(53)62(64)58(50)56(48)60(52)63(59,64)3-1/h1-2H,3-4H2. The van der Waals surface area contributed by atoms with E-state index in [4.69, 9.17) is 0 Å². The molecule has 0 heteroatoms. The minimum absolute atomic E-state index is 0.104. The number of rotatable bonds is 0. The normalized spacial score (nSPS) is 23.6. The molecule has 0 fully saturated rings. The van der Waals surface area contributed by atoms with Crippen LogP contribution >= 0.6 is 0 Å². The van der Waals surface area contributed by atoms with Crippen molar-refractivity contribution in [1.82, 2.24) is 0 Å². The van der Waals surface area contributed by atoms with Gasteiger partial charge in [0.2, 0.25) is 0 Å². The molecule has 0 heterocycles. The molecule has 0 radical (unpaired) electrons. The fourth-order valence-corrected chi connectivity index (χ4v) is 24.8. The molecule has 28 aromatic carbocycles. The van der Waals surface area contributed by atoms with Gasteiger partial charge in [-0.15, -0.1) is 0 Å². The maximum Gasteiger partial charge on any atom is 0.0403 e. The third kappa shape index (κ3) is 1.10. The van der Waals surface area contributed by atoms with Crippen molar-refractivity contribution in [2.75, 3.05) is 0 Å². The van der Waals surface area contributed by atoms with Crippen molar-refractivity contribution in [3.05, 3.63) is 34.4 Å². The van der Waals surface area contributed by atoms with Gasteiger partial charge in [0, 0.05) is 10.8 Å². The molecule has 64 heavy (non-hydrogen) atoms. The van der Waals surface area contributed by atoms with Crippen molar-refractivity contribution >= 4 is 291 Å². The molecular formula is C64H6. The second-order valence-corrected chi connectivity index (χ2v) is 24.4. The molecule has 2 spiro atoms. The fraction of sp³-hybridized carbons (Fsp3) is 0.0625. The van der Waals surface area contributed by atoms with Crippen LogP contribution < -0.4 is 0 Å². The van der Waals surface area contributed by atoms with E-state index < -0.39 is 0 Å². The zero-order chi connectivity index (χ0) is 37.3. The van der Waals surface area contributed by atoms with E-state index in [1.807, 2.05) is 22.3 Å². The van der Waals surface area contributed by atoms with Crippen molar-refractivity contribution < 1.29 is 0 Å². The molecule has 262 valence electrons. The zero-order valence-corrected chi connectivity index (χ0v) is 32.6. The molecule has 28 aromatic rings. The number of hydrogen-bond donors (Lipinski definition) is 0. The highest BCUT2D eigenvalue weighted by Crippen LogP contribution is 2.85. The van der Waals surface area contributed by atoms with Crippen LogP contribution in [0.5, 0.6) is 0 Å². The Labute approximate surface area is 347 Å². The van der Waals surface area contributed by atoms with Gasteiger partial charge in [0.25, 0.3) is 0 Å². The quantitative estimate of drug-likeness (QED) is 0.106. The van der Waals surface area contributed by atoms with Gasteiger partial charge in [-0.1, -0.05) is 12.2 Å². The van der Waals surface area contributed by atoms with E-state index in [9.17, 15) is 0 Å². The highest BCUT2D eigenvalue weighted by Gasteiger charge is 2.69. The molecular weight excluding hydrogens is 769 g/mol. The lowest BCUT2D eigenvalue weighted by molar-refractivity contribution is 0.313. The lowest BCUT2D eigenvalue weighted by Crippen LogP contribution is -2.52. The van der Waals surface area contributed by atoms with Gasteiger partial charge in [-0.2, -0.15) is 0 Å². The predicted molar refractivity (Wildman–Crippen MR) is 272 cm³/mol. The van der Waals surface area contributed by atoms with Gasteiger partial charge < -0.3 is 0 Å². The third-order valence-corrected chi connectivity index (χ3v) is 24.7. The summed E-state index contributed by atoms with van der Waals surface area (Å²) in [6.07, 6.45) is 7.67. The van der Waals surface area contributed by atoms with Crippen LogP contribution in [0.4, 0.5) is 0 Å². The summed E-state index contributed by atoms with van der Waals surface area (Å²) in [5.41, 5.74) is 7.04. The molecule has 0 N–H and O–H groups in total. The zero-order valence-electron chi connectivity index (χ0n) is 32.6. The number of allylic oxidation sites excluding steroid dienone is 2. The van der Waals surface area contributed by atoms with Crippen molar-refractivity contribution in [3.8, 4) is 0 Å². The van der Waals surface area contributed by atoms with Crippen LogP contribution in [0.15, 0.2) is 12.2 Å². The molecule has 0 aromatic heterocycles. The van der Waals surface area contributed by atoms with E-state index in [0.29, 0.717) is 0 Å². The monoisotopic (exact) mass is 774 g/mol. The summed E-state index contributed by atoms with van der Waals surface area (Å²) in [7, 11) is 0. The summed E-state index contributed by atoms with van der Waals surface area (Å²) in [6, 6.07) is 0. The highest BCUT2D eigenvalue weighted by molar-refractivity contribution is 6.82. The SMILES string of the molecule is C1=CCC23c4c5c6c7c8c9c(c%10c%11c2c2c4c4c%12c5c5c6c6c8c8c%13c9c9c%10c%10c%11c%11c2c2c4c4c%12c%12c5c5c6c8c6c8c%13c9c9c%10c%10c%11c2c2c4c4c%12c5c6c5c8c9c%10c2c45)C73C1. The summed E-state index contributed by atoms with van der Waals surface area (Å²) in [4.78, 5) is 0. The Bertz CT molecular complexity index is 6410. The average Bonchev–Trinajstić information content (AvgIpc) is 4.16. The molecule has 33 rings (SSSR count). The van der Waals surface area contributed by atoms with Crippen LogP contribution in [0.2, 0.25) is 0 Å². The van der Waals surface area contributed by atoms with Crippen molar-refractivity contribution in [3.63, 3.8) is 0 Å². The van der Waals surface area contributed by atoms with Crippen molar-refractivity contribution in [1.29, 1.82) is 0 Å². The van der Waals surface area contributed by atoms with Crippen molar-refractivity contribution in [2.24, 2.45) is 0 Å². The highest BCUT2D eigenvalue weighted by atomic mass is 14.7. The summed E-state index contributed by atoms with van der Waals surface area (Å²) in [5.74, 6) is 0. The Morgan fingerprint density at radius 3 is 0.344 bits per heavy atom. The Hall–Kier alpha value is -7.80.